The second kappa shape index (κ2) is 14.9. The molecule has 130 valence electrons. The molecule has 0 aliphatic carbocycles. The third-order valence-electron chi connectivity index (χ3n) is 4.17. The van der Waals surface area contributed by atoms with E-state index in [9.17, 15) is 19.8 Å². The van der Waals surface area contributed by atoms with Gasteiger partial charge in [-0.3, -0.25) is 0 Å². The Bertz CT molecular complexity index is 289. The van der Waals surface area contributed by atoms with Crippen molar-refractivity contribution in [2.24, 2.45) is 5.92 Å². The lowest BCUT2D eigenvalue weighted by atomic mass is 9.95. The molecule has 4 nitrogen and oxygen atoms in total. The first kappa shape index (κ1) is 20.9. The highest BCUT2D eigenvalue weighted by molar-refractivity contribution is 5.68. The molecule has 0 radical (unpaired) electrons. The molecule has 0 rings (SSSR count). The van der Waals surface area contributed by atoms with E-state index in [0.29, 0.717) is 19.3 Å². The largest absolute Gasteiger partial charge is 0.550 e. The first-order chi connectivity index (χ1) is 10.6. The number of rotatable bonds is 16. The lowest BCUT2D eigenvalue weighted by molar-refractivity contribution is -0.313. The molecule has 0 spiro atoms. The number of hydrogen-bond acceptors (Lipinski definition) is 4. The Balaban J connectivity index is 3.48. The molecule has 0 heterocycles. The molecule has 0 N–H and O–H groups in total. The van der Waals surface area contributed by atoms with E-state index >= 15 is 0 Å². The lowest BCUT2D eigenvalue weighted by Gasteiger charge is -2.18. The minimum absolute atomic E-state index is 0.0676. The number of aliphatic carboxylic acids is 2. The summed E-state index contributed by atoms with van der Waals surface area (Å²) < 4.78 is 0. The molecule has 4 heteroatoms. The Hall–Kier alpha value is -1.06. The Kier molecular flexibility index (Phi) is 14.1. The first-order valence-electron chi connectivity index (χ1n) is 8.98. The van der Waals surface area contributed by atoms with Gasteiger partial charge in [0.15, 0.2) is 0 Å². The molecule has 22 heavy (non-hydrogen) atoms. The topological polar surface area (TPSA) is 80.3 Å². The van der Waals surface area contributed by atoms with Crippen LogP contribution in [0.3, 0.4) is 0 Å². The highest BCUT2D eigenvalue weighted by Gasteiger charge is 2.09. The maximum absolute atomic E-state index is 11.0. The van der Waals surface area contributed by atoms with Gasteiger partial charge in [-0.25, -0.2) is 0 Å². The van der Waals surface area contributed by atoms with Gasteiger partial charge in [-0.05, 0) is 31.6 Å². The zero-order valence-corrected chi connectivity index (χ0v) is 14.1. The van der Waals surface area contributed by atoms with Crippen LogP contribution in [0.1, 0.15) is 96.8 Å². The van der Waals surface area contributed by atoms with Gasteiger partial charge in [0.05, 0.1) is 0 Å². The number of carboxylic acid groups (broad SMARTS) is 2. The third-order valence-corrected chi connectivity index (χ3v) is 4.17. The number of carbonyl (C=O) groups is 2. The van der Waals surface area contributed by atoms with Crippen LogP contribution in [0.25, 0.3) is 0 Å². The molecule has 1 unspecified atom stereocenters. The zero-order chi connectivity index (χ0) is 16.6. The van der Waals surface area contributed by atoms with Gasteiger partial charge in [0.1, 0.15) is 0 Å². The normalized spacial score (nSPS) is 12.2. The van der Waals surface area contributed by atoms with Crippen molar-refractivity contribution in [3.63, 3.8) is 0 Å². The highest BCUT2D eigenvalue weighted by atomic mass is 16.4. The van der Waals surface area contributed by atoms with Gasteiger partial charge in [0.2, 0.25) is 0 Å². The summed E-state index contributed by atoms with van der Waals surface area (Å²) in [5.74, 6) is -2.67. The molecule has 0 aromatic rings. The van der Waals surface area contributed by atoms with E-state index in [2.05, 4.69) is 6.92 Å². The van der Waals surface area contributed by atoms with Crippen molar-refractivity contribution < 1.29 is 19.8 Å². The van der Waals surface area contributed by atoms with Crippen molar-refractivity contribution >= 4 is 11.9 Å². The van der Waals surface area contributed by atoms with Gasteiger partial charge in [0, 0.05) is 11.9 Å². The average molecular weight is 312 g/mol. The molecule has 0 amide bonds. The molecule has 0 aliphatic heterocycles. The molecule has 0 saturated carbocycles. The van der Waals surface area contributed by atoms with Crippen molar-refractivity contribution in [2.45, 2.75) is 96.8 Å². The first-order valence-corrected chi connectivity index (χ1v) is 8.98. The van der Waals surface area contributed by atoms with E-state index in [1.165, 1.54) is 44.9 Å². The molecular formula is C18H32O4-2. The number of carboxylic acids is 2. The van der Waals surface area contributed by atoms with Gasteiger partial charge in [0.25, 0.3) is 0 Å². The van der Waals surface area contributed by atoms with Gasteiger partial charge in [-0.1, -0.05) is 71.1 Å². The standard InChI is InChI=1S/C18H34O4/c1-2-3-4-5-6-7-8-9-10-11-13-16(18(21)22)14-12-15-17(19)20/h16H,2-15H2,1H3,(H,19,20)(H,21,22)/p-2. The third kappa shape index (κ3) is 13.9. The molecule has 0 aromatic carbocycles. The lowest BCUT2D eigenvalue weighted by Crippen LogP contribution is -2.31. The van der Waals surface area contributed by atoms with E-state index in [4.69, 9.17) is 0 Å². The fourth-order valence-electron chi connectivity index (χ4n) is 2.75. The summed E-state index contributed by atoms with van der Waals surface area (Å²) in [6.07, 6.45) is 13.5. The van der Waals surface area contributed by atoms with Gasteiger partial charge < -0.3 is 19.8 Å². The van der Waals surface area contributed by atoms with Gasteiger partial charge >= 0.3 is 0 Å². The Morgan fingerprint density at radius 3 is 1.64 bits per heavy atom. The summed E-state index contributed by atoms with van der Waals surface area (Å²) in [6, 6.07) is 0. The average Bonchev–Trinajstić information content (AvgIpc) is 2.46. The Labute approximate surface area is 135 Å². The second-order valence-electron chi connectivity index (χ2n) is 6.25. The van der Waals surface area contributed by atoms with E-state index in [1.807, 2.05) is 0 Å². The Morgan fingerprint density at radius 2 is 1.18 bits per heavy atom. The van der Waals surface area contributed by atoms with Crippen molar-refractivity contribution in [1.82, 2.24) is 0 Å². The van der Waals surface area contributed by atoms with Gasteiger partial charge in [-0.15, -0.1) is 0 Å². The molecule has 0 bridgehead atoms. The summed E-state index contributed by atoms with van der Waals surface area (Å²) in [4.78, 5) is 21.3. The van der Waals surface area contributed by atoms with E-state index in [-0.39, 0.29) is 6.42 Å². The van der Waals surface area contributed by atoms with Crippen LogP contribution in [0, 0.1) is 5.92 Å². The number of unbranched alkanes of at least 4 members (excludes halogenated alkanes) is 9. The van der Waals surface area contributed by atoms with E-state index in [1.54, 1.807) is 0 Å². The van der Waals surface area contributed by atoms with Crippen molar-refractivity contribution in [3.8, 4) is 0 Å². The predicted molar refractivity (Wildman–Crippen MR) is 83.8 cm³/mol. The molecule has 0 fully saturated rings. The molecule has 0 saturated heterocycles. The van der Waals surface area contributed by atoms with Crippen molar-refractivity contribution in [2.75, 3.05) is 0 Å². The summed E-state index contributed by atoms with van der Waals surface area (Å²) >= 11 is 0. The van der Waals surface area contributed by atoms with E-state index in [0.717, 1.165) is 19.3 Å². The predicted octanol–water partition coefficient (Wildman–Crippen LogP) is 2.58. The summed E-state index contributed by atoms with van der Waals surface area (Å²) in [6.45, 7) is 2.22. The van der Waals surface area contributed by atoms with Crippen LogP contribution in [0.5, 0.6) is 0 Å². The van der Waals surface area contributed by atoms with Crippen molar-refractivity contribution in [1.29, 1.82) is 0 Å². The van der Waals surface area contributed by atoms with Crippen LogP contribution in [0.2, 0.25) is 0 Å². The molecular weight excluding hydrogens is 280 g/mol. The van der Waals surface area contributed by atoms with Crippen LogP contribution in [0.15, 0.2) is 0 Å². The fraction of sp³-hybridized carbons (Fsp3) is 0.889. The number of carbonyl (C=O) groups excluding carboxylic acids is 2. The SMILES string of the molecule is CCCCCCCCCCCCC(CCCC(=O)[O-])C(=O)[O-]. The molecule has 0 aromatic heterocycles. The molecule has 1 atom stereocenters. The minimum atomic E-state index is -1.11. The highest BCUT2D eigenvalue weighted by Crippen LogP contribution is 2.17. The summed E-state index contributed by atoms with van der Waals surface area (Å²) in [5.41, 5.74) is 0. The maximum atomic E-state index is 11.0. The van der Waals surface area contributed by atoms with Crippen LogP contribution >= 0.6 is 0 Å². The van der Waals surface area contributed by atoms with Crippen molar-refractivity contribution in [3.05, 3.63) is 0 Å². The minimum Gasteiger partial charge on any atom is -0.550 e. The zero-order valence-electron chi connectivity index (χ0n) is 14.1. The Morgan fingerprint density at radius 1 is 0.727 bits per heavy atom. The van der Waals surface area contributed by atoms with Crippen LogP contribution in [-0.2, 0) is 9.59 Å². The van der Waals surface area contributed by atoms with Crippen LogP contribution in [-0.4, -0.2) is 11.9 Å². The molecule has 0 aliphatic rings. The van der Waals surface area contributed by atoms with Crippen LogP contribution in [0.4, 0.5) is 0 Å². The summed E-state index contributed by atoms with van der Waals surface area (Å²) in [7, 11) is 0. The summed E-state index contributed by atoms with van der Waals surface area (Å²) in [5, 5.41) is 21.3. The smallest absolute Gasteiger partial charge is 0.0445 e. The van der Waals surface area contributed by atoms with E-state index < -0.39 is 17.9 Å². The monoisotopic (exact) mass is 312 g/mol. The quantitative estimate of drug-likeness (QED) is 0.410. The second-order valence-corrected chi connectivity index (χ2v) is 6.25. The number of hydrogen-bond donors (Lipinski definition) is 0. The fourth-order valence-corrected chi connectivity index (χ4v) is 2.75. The van der Waals surface area contributed by atoms with Gasteiger partial charge in [-0.2, -0.15) is 0 Å². The maximum Gasteiger partial charge on any atom is 0.0445 e. The van der Waals surface area contributed by atoms with Crippen LogP contribution < -0.4 is 10.2 Å².